The molecule has 0 bridgehead atoms. The first-order valence-electron chi connectivity index (χ1n) is 7.45. The SMILES string of the molecule is BN(c1ccccc1)c1cccc2c1oc1c(C)cccc12. The standard InChI is InChI=1S/C19H16BNO/c1-13-7-5-10-15-16-11-6-12-17(19(16)22-18(13)15)21(20)14-8-3-2-4-9-14/h2-12H,20H2,1H3. The molecule has 0 aliphatic heterocycles. The summed E-state index contributed by atoms with van der Waals surface area (Å²) in [5.74, 6) is 0. The Labute approximate surface area is 130 Å². The van der Waals surface area contributed by atoms with Crippen molar-refractivity contribution in [2.45, 2.75) is 6.92 Å². The summed E-state index contributed by atoms with van der Waals surface area (Å²) >= 11 is 0. The molecule has 0 fully saturated rings. The van der Waals surface area contributed by atoms with Crippen molar-refractivity contribution in [1.82, 2.24) is 0 Å². The van der Waals surface area contributed by atoms with Crippen molar-refractivity contribution >= 4 is 41.3 Å². The molecule has 3 heteroatoms. The third-order valence-electron chi connectivity index (χ3n) is 4.21. The van der Waals surface area contributed by atoms with E-state index in [1.165, 1.54) is 16.3 Å². The fraction of sp³-hybridized carbons (Fsp3) is 0.0526. The Balaban J connectivity index is 1.99. The first kappa shape index (κ1) is 13.0. The zero-order valence-electron chi connectivity index (χ0n) is 12.7. The van der Waals surface area contributed by atoms with Crippen LogP contribution in [0.5, 0.6) is 0 Å². The number of fused-ring (bicyclic) bond motifs is 3. The number of hydrogen-bond donors (Lipinski definition) is 0. The van der Waals surface area contributed by atoms with Crippen molar-refractivity contribution in [2.24, 2.45) is 0 Å². The van der Waals surface area contributed by atoms with Gasteiger partial charge in [0.1, 0.15) is 5.58 Å². The highest BCUT2D eigenvalue weighted by Crippen LogP contribution is 2.37. The molecule has 0 saturated heterocycles. The third kappa shape index (κ3) is 1.90. The topological polar surface area (TPSA) is 16.4 Å². The molecular weight excluding hydrogens is 269 g/mol. The average molecular weight is 285 g/mol. The van der Waals surface area contributed by atoms with Gasteiger partial charge in [0.15, 0.2) is 5.58 Å². The van der Waals surface area contributed by atoms with Gasteiger partial charge in [-0.15, -0.1) is 0 Å². The number of benzene rings is 3. The fourth-order valence-corrected chi connectivity index (χ4v) is 3.00. The number of nitrogens with zero attached hydrogens (tertiary/aromatic N) is 1. The molecule has 0 atom stereocenters. The molecule has 0 aliphatic carbocycles. The molecule has 4 rings (SSSR count). The molecule has 0 amide bonds. The van der Waals surface area contributed by atoms with Gasteiger partial charge in [0, 0.05) is 16.5 Å². The highest BCUT2D eigenvalue weighted by atomic mass is 16.3. The van der Waals surface area contributed by atoms with E-state index in [1.807, 2.05) is 6.07 Å². The normalized spacial score (nSPS) is 11.1. The van der Waals surface area contributed by atoms with Gasteiger partial charge in [0.05, 0.1) is 5.69 Å². The first-order chi connectivity index (χ1) is 10.8. The molecule has 0 spiro atoms. The lowest BCUT2D eigenvalue weighted by Crippen LogP contribution is -2.11. The lowest BCUT2D eigenvalue weighted by molar-refractivity contribution is 0.666. The maximum atomic E-state index is 6.22. The summed E-state index contributed by atoms with van der Waals surface area (Å²) in [7, 11) is 2.07. The van der Waals surface area contributed by atoms with E-state index in [9.17, 15) is 0 Å². The highest BCUT2D eigenvalue weighted by molar-refractivity contribution is 6.25. The van der Waals surface area contributed by atoms with Gasteiger partial charge in [0.2, 0.25) is 7.98 Å². The second-order valence-corrected chi connectivity index (χ2v) is 5.60. The first-order valence-corrected chi connectivity index (χ1v) is 7.45. The molecule has 22 heavy (non-hydrogen) atoms. The number of anilines is 2. The van der Waals surface area contributed by atoms with Gasteiger partial charge in [-0.3, -0.25) is 0 Å². The Hall–Kier alpha value is -2.68. The Morgan fingerprint density at radius 1 is 0.773 bits per heavy atom. The molecule has 1 heterocycles. The minimum Gasteiger partial charge on any atom is -0.454 e. The van der Waals surface area contributed by atoms with Crippen molar-refractivity contribution in [3.63, 3.8) is 0 Å². The molecule has 0 saturated carbocycles. The molecule has 4 aromatic rings. The lowest BCUT2D eigenvalue weighted by atomic mass is 10.1. The number of aryl methyl sites for hydroxylation is 1. The van der Waals surface area contributed by atoms with Crippen molar-refractivity contribution in [3.8, 4) is 0 Å². The third-order valence-corrected chi connectivity index (χ3v) is 4.21. The molecule has 2 nitrogen and oxygen atoms in total. The van der Waals surface area contributed by atoms with Crippen LogP contribution in [0.3, 0.4) is 0 Å². The minimum absolute atomic E-state index is 0.943. The Kier molecular flexibility index (Phi) is 2.93. The molecule has 106 valence electrons. The summed E-state index contributed by atoms with van der Waals surface area (Å²) < 4.78 is 6.22. The van der Waals surface area contributed by atoms with Crippen LogP contribution < -0.4 is 4.81 Å². The van der Waals surface area contributed by atoms with Crippen molar-refractivity contribution in [3.05, 3.63) is 72.3 Å². The van der Waals surface area contributed by atoms with Gasteiger partial charge in [-0.1, -0.05) is 48.5 Å². The van der Waals surface area contributed by atoms with Crippen LogP contribution in [0.25, 0.3) is 21.9 Å². The Morgan fingerprint density at radius 3 is 2.23 bits per heavy atom. The number of rotatable bonds is 2. The zero-order chi connectivity index (χ0) is 15.1. The zero-order valence-corrected chi connectivity index (χ0v) is 12.7. The molecular formula is C19H16BNO. The second kappa shape index (κ2) is 4.95. The van der Waals surface area contributed by atoms with Gasteiger partial charge in [-0.25, -0.2) is 0 Å². The Morgan fingerprint density at radius 2 is 1.45 bits per heavy atom. The summed E-state index contributed by atoms with van der Waals surface area (Å²) in [5.41, 5.74) is 5.32. The van der Waals surface area contributed by atoms with Crippen LogP contribution in [-0.4, -0.2) is 7.98 Å². The average Bonchev–Trinajstić information content (AvgIpc) is 2.95. The summed E-state index contributed by atoms with van der Waals surface area (Å²) in [4.78, 5) is 2.17. The van der Waals surface area contributed by atoms with Crippen molar-refractivity contribution < 1.29 is 4.42 Å². The number of furan rings is 1. The van der Waals surface area contributed by atoms with E-state index < -0.39 is 0 Å². The summed E-state index contributed by atoms with van der Waals surface area (Å²) in [6.45, 7) is 2.09. The van der Waals surface area contributed by atoms with E-state index in [-0.39, 0.29) is 0 Å². The predicted molar refractivity (Wildman–Crippen MR) is 95.6 cm³/mol. The second-order valence-electron chi connectivity index (χ2n) is 5.60. The van der Waals surface area contributed by atoms with Crippen LogP contribution in [0.2, 0.25) is 0 Å². The maximum absolute atomic E-state index is 6.22. The summed E-state index contributed by atoms with van der Waals surface area (Å²) in [6.07, 6.45) is 0. The van der Waals surface area contributed by atoms with Crippen LogP contribution in [0.4, 0.5) is 11.4 Å². The van der Waals surface area contributed by atoms with E-state index in [0.29, 0.717) is 0 Å². The van der Waals surface area contributed by atoms with Gasteiger partial charge in [-0.05, 0) is 30.7 Å². The molecule has 0 aliphatic rings. The van der Waals surface area contributed by atoms with E-state index in [2.05, 4.69) is 80.4 Å². The Bertz CT molecular complexity index is 959. The smallest absolute Gasteiger partial charge is 0.223 e. The highest BCUT2D eigenvalue weighted by Gasteiger charge is 2.14. The molecule has 0 unspecified atom stereocenters. The van der Waals surface area contributed by atoms with Crippen molar-refractivity contribution in [2.75, 3.05) is 4.81 Å². The quantitative estimate of drug-likeness (QED) is 0.501. The molecule has 0 radical (unpaired) electrons. The minimum atomic E-state index is 0.943. The van der Waals surface area contributed by atoms with E-state index in [1.54, 1.807) is 0 Å². The predicted octanol–water partition coefficient (Wildman–Crippen LogP) is 4.58. The molecule has 0 N–H and O–H groups in total. The van der Waals surface area contributed by atoms with E-state index in [4.69, 9.17) is 4.42 Å². The van der Waals surface area contributed by atoms with Gasteiger partial charge < -0.3 is 9.23 Å². The van der Waals surface area contributed by atoms with E-state index in [0.717, 1.165) is 22.5 Å². The molecule has 3 aromatic carbocycles. The summed E-state index contributed by atoms with van der Waals surface area (Å²) in [6, 6.07) is 23.0. The van der Waals surface area contributed by atoms with Crippen LogP contribution in [0.15, 0.2) is 71.1 Å². The number of hydrogen-bond acceptors (Lipinski definition) is 2. The van der Waals surface area contributed by atoms with Crippen LogP contribution in [-0.2, 0) is 0 Å². The van der Waals surface area contributed by atoms with E-state index >= 15 is 0 Å². The van der Waals surface area contributed by atoms with Crippen LogP contribution >= 0.6 is 0 Å². The van der Waals surface area contributed by atoms with Gasteiger partial charge in [-0.2, -0.15) is 0 Å². The van der Waals surface area contributed by atoms with Crippen molar-refractivity contribution in [1.29, 1.82) is 0 Å². The summed E-state index contributed by atoms with van der Waals surface area (Å²) in [5, 5.41) is 2.34. The van der Waals surface area contributed by atoms with Gasteiger partial charge >= 0.3 is 0 Å². The van der Waals surface area contributed by atoms with Crippen LogP contribution in [0, 0.1) is 6.92 Å². The fourth-order valence-electron chi connectivity index (χ4n) is 3.00. The maximum Gasteiger partial charge on any atom is 0.223 e. The van der Waals surface area contributed by atoms with Crippen LogP contribution in [0.1, 0.15) is 5.56 Å². The molecule has 1 aromatic heterocycles. The monoisotopic (exact) mass is 285 g/mol. The largest absolute Gasteiger partial charge is 0.454 e. The lowest BCUT2D eigenvalue weighted by Gasteiger charge is -2.20. The van der Waals surface area contributed by atoms with Gasteiger partial charge in [0.25, 0.3) is 0 Å². The number of para-hydroxylation sites is 3.